The van der Waals surface area contributed by atoms with E-state index in [1.165, 1.54) is 32.1 Å². The van der Waals surface area contributed by atoms with Crippen LogP contribution in [0.1, 0.15) is 65.2 Å². The SMILES string of the molecule is CC(C)(CCCBr)CNC(=O)CCC1CCCC1. The Morgan fingerprint density at radius 3 is 2.61 bits per heavy atom. The van der Waals surface area contributed by atoms with Crippen LogP contribution in [0.25, 0.3) is 0 Å². The zero-order valence-corrected chi connectivity index (χ0v) is 13.5. The largest absolute Gasteiger partial charge is 0.356 e. The van der Waals surface area contributed by atoms with Crippen LogP contribution in [-0.2, 0) is 4.79 Å². The summed E-state index contributed by atoms with van der Waals surface area (Å²) in [5, 5.41) is 4.15. The lowest BCUT2D eigenvalue weighted by atomic mass is 9.88. The van der Waals surface area contributed by atoms with Gasteiger partial charge < -0.3 is 5.32 Å². The molecule has 0 aromatic carbocycles. The molecule has 3 heteroatoms. The van der Waals surface area contributed by atoms with Gasteiger partial charge in [0.05, 0.1) is 0 Å². The number of nitrogens with one attached hydrogen (secondary N) is 1. The van der Waals surface area contributed by atoms with Gasteiger partial charge in [0.1, 0.15) is 0 Å². The molecule has 1 fully saturated rings. The number of hydrogen-bond donors (Lipinski definition) is 1. The molecule has 0 aliphatic heterocycles. The van der Waals surface area contributed by atoms with E-state index in [1.54, 1.807) is 0 Å². The van der Waals surface area contributed by atoms with Crippen LogP contribution in [-0.4, -0.2) is 17.8 Å². The summed E-state index contributed by atoms with van der Waals surface area (Å²) in [6.45, 7) is 5.27. The van der Waals surface area contributed by atoms with E-state index in [4.69, 9.17) is 0 Å². The van der Waals surface area contributed by atoms with Gasteiger partial charge in [0.2, 0.25) is 5.91 Å². The first-order valence-electron chi connectivity index (χ1n) is 7.36. The minimum atomic E-state index is 0.219. The molecule has 1 N–H and O–H groups in total. The zero-order valence-electron chi connectivity index (χ0n) is 11.9. The van der Waals surface area contributed by atoms with Crippen molar-refractivity contribution in [3.05, 3.63) is 0 Å². The molecule has 1 aliphatic carbocycles. The number of rotatable bonds is 8. The minimum absolute atomic E-state index is 0.219. The molecule has 1 aliphatic rings. The van der Waals surface area contributed by atoms with Gasteiger partial charge in [-0.1, -0.05) is 55.5 Å². The highest BCUT2D eigenvalue weighted by Crippen LogP contribution is 2.28. The average Bonchev–Trinajstić information content (AvgIpc) is 2.84. The van der Waals surface area contributed by atoms with Crippen molar-refractivity contribution in [3.8, 4) is 0 Å². The molecule has 18 heavy (non-hydrogen) atoms. The molecule has 0 radical (unpaired) electrons. The number of hydrogen-bond acceptors (Lipinski definition) is 1. The van der Waals surface area contributed by atoms with E-state index >= 15 is 0 Å². The number of halogens is 1. The highest BCUT2D eigenvalue weighted by atomic mass is 79.9. The Balaban J connectivity index is 2.11. The van der Waals surface area contributed by atoms with Crippen LogP contribution in [0.5, 0.6) is 0 Å². The summed E-state index contributed by atoms with van der Waals surface area (Å²) >= 11 is 3.46. The van der Waals surface area contributed by atoms with Crippen LogP contribution in [0, 0.1) is 11.3 Å². The summed E-state index contributed by atoms with van der Waals surface area (Å²) in [5.74, 6) is 1.06. The van der Waals surface area contributed by atoms with E-state index in [1.807, 2.05) is 0 Å². The first-order valence-corrected chi connectivity index (χ1v) is 8.48. The smallest absolute Gasteiger partial charge is 0.220 e. The first kappa shape index (κ1) is 16.0. The molecular formula is C15H28BrNO. The van der Waals surface area contributed by atoms with E-state index in [-0.39, 0.29) is 11.3 Å². The number of carbonyl (C=O) groups excluding carboxylic acids is 1. The van der Waals surface area contributed by atoms with Gasteiger partial charge in [-0.25, -0.2) is 0 Å². The molecule has 2 nitrogen and oxygen atoms in total. The molecule has 0 aromatic heterocycles. The summed E-state index contributed by atoms with van der Waals surface area (Å²) in [6.07, 6.45) is 9.55. The Labute approximate surface area is 120 Å². The fourth-order valence-electron chi connectivity index (χ4n) is 2.69. The monoisotopic (exact) mass is 317 g/mol. The third kappa shape index (κ3) is 6.77. The summed E-state index contributed by atoms with van der Waals surface area (Å²) in [4.78, 5) is 11.8. The molecule has 0 spiro atoms. The van der Waals surface area contributed by atoms with Gasteiger partial charge in [-0.15, -0.1) is 0 Å². The highest BCUT2D eigenvalue weighted by Gasteiger charge is 2.19. The van der Waals surface area contributed by atoms with E-state index in [2.05, 4.69) is 35.1 Å². The second kappa shape index (κ2) is 8.19. The lowest BCUT2D eigenvalue weighted by Crippen LogP contribution is -2.34. The van der Waals surface area contributed by atoms with Gasteiger partial charge in [0, 0.05) is 18.3 Å². The Morgan fingerprint density at radius 2 is 2.00 bits per heavy atom. The third-order valence-electron chi connectivity index (χ3n) is 4.01. The van der Waals surface area contributed by atoms with E-state index < -0.39 is 0 Å². The van der Waals surface area contributed by atoms with Crippen LogP contribution in [0.3, 0.4) is 0 Å². The van der Waals surface area contributed by atoms with Gasteiger partial charge >= 0.3 is 0 Å². The standard InChI is InChI=1S/C15H28BrNO/c1-15(2,10-5-11-16)12-17-14(18)9-8-13-6-3-4-7-13/h13H,3-12H2,1-2H3,(H,17,18). The highest BCUT2D eigenvalue weighted by molar-refractivity contribution is 9.09. The fourth-order valence-corrected chi connectivity index (χ4v) is 2.97. The average molecular weight is 318 g/mol. The van der Waals surface area contributed by atoms with Crippen LogP contribution < -0.4 is 5.32 Å². The third-order valence-corrected chi connectivity index (χ3v) is 4.57. The molecule has 1 rings (SSSR count). The maximum atomic E-state index is 11.8. The van der Waals surface area contributed by atoms with Crippen molar-refractivity contribution < 1.29 is 4.79 Å². The van der Waals surface area contributed by atoms with Gasteiger partial charge in [0.15, 0.2) is 0 Å². The summed E-state index contributed by atoms with van der Waals surface area (Å²) in [6, 6.07) is 0. The Morgan fingerprint density at radius 1 is 1.33 bits per heavy atom. The topological polar surface area (TPSA) is 29.1 Å². The van der Waals surface area contributed by atoms with Crippen molar-refractivity contribution in [2.24, 2.45) is 11.3 Å². The predicted molar refractivity (Wildman–Crippen MR) is 81.0 cm³/mol. The molecule has 0 unspecified atom stereocenters. The van der Waals surface area contributed by atoms with Gasteiger partial charge in [-0.3, -0.25) is 4.79 Å². The maximum Gasteiger partial charge on any atom is 0.220 e. The minimum Gasteiger partial charge on any atom is -0.356 e. The van der Waals surface area contributed by atoms with Crippen LogP contribution >= 0.6 is 15.9 Å². The molecule has 0 saturated heterocycles. The number of carbonyl (C=O) groups is 1. The second-order valence-corrected chi connectivity index (χ2v) is 7.22. The fraction of sp³-hybridized carbons (Fsp3) is 0.933. The van der Waals surface area contributed by atoms with E-state index in [9.17, 15) is 4.79 Å². The van der Waals surface area contributed by atoms with Crippen molar-refractivity contribution >= 4 is 21.8 Å². The molecule has 106 valence electrons. The van der Waals surface area contributed by atoms with Crippen molar-refractivity contribution in [3.63, 3.8) is 0 Å². The van der Waals surface area contributed by atoms with Crippen LogP contribution in [0.4, 0.5) is 0 Å². The lowest BCUT2D eigenvalue weighted by Gasteiger charge is -2.24. The molecular weight excluding hydrogens is 290 g/mol. The van der Waals surface area contributed by atoms with Gasteiger partial charge in [-0.2, -0.15) is 0 Å². The van der Waals surface area contributed by atoms with Gasteiger partial charge in [0.25, 0.3) is 0 Å². The maximum absolute atomic E-state index is 11.8. The molecule has 1 amide bonds. The second-order valence-electron chi connectivity index (χ2n) is 6.42. The van der Waals surface area contributed by atoms with E-state index in [0.29, 0.717) is 0 Å². The number of alkyl halides is 1. The predicted octanol–water partition coefficient (Wildman–Crippen LogP) is 4.27. The summed E-state index contributed by atoms with van der Waals surface area (Å²) in [5.41, 5.74) is 0.219. The molecule has 0 bridgehead atoms. The molecule has 0 atom stereocenters. The van der Waals surface area contributed by atoms with Crippen molar-refractivity contribution in [2.75, 3.05) is 11.9 Å². The normalized spacial score (nSPS) is 17.1. The molecule has 0 aromatic rings. The van der Waals surface area contributed by atoms with E-state index in [0.717, 1.165) is 37.1 Å². The molecule has 1 saturated carbocycles. The Kier molecular flexibility index (Phi) is 7.28. The first-order chi connectivity index (χ1) is 8.53. The Bertz CT molecular complexity index is 247. The molecule has 0 heterocycles. The summed E-state index contributed by atoms with van der Waals surface area (Å²) in [7, 11) is 0. The Hall–Kier alpha value is -0.0500. The summed E-state index contributed by atoms with van der Waals surface area (Å²) < 4.78 is 0. The van der Waals surface area contributed by atoms with Crippen molar-refractivity contribution in [1.82, 2.24) is 5.32 Å². The quantitative estimate of drug-likeness (QED) is 0.665. The zero-order chi connectivity index (χ0) is 13.4. The van der Waals surface area contributed by atoms with Crippen molar-refractivity contribution in [1.29, 1.82) is 0 Å². The van der Waals surface area contributed by atoms with Crippen LogP contribution in [0.15, 0.2) is 0 Å². The van der Waals surface area contributed by atoms with Crippen LogP contribution in [0.2, 0.25) is 0 Å². The number of amides is 1. The van der Waals surface area contributed by atoms with Gasteiger partial charge in [-0.05, 0) is 30.6 Å². The lowest BCUT2D eigenvalue weighted by molar-refractivity contribution is -0.121. The van der Waals surface area contributed by atoms with Crippen molar-refractivity contribution in [2.45, 2.75) is 65.2 Å².